The lowest BCUT2D eigenvalue weighted by Crippen LogP contribution is -2.32. The summed E-state index contributed by atoms with van der Waals surface area (Å²) < 4.78 is 0.576. The number of nitrogens with two attached hydrogens (primary N) is 1. The van der Waals surface area contributed by atoms with Crippen LogP contribution in [0, 0.1) is 0 Å². The average molecular weight is 287 g/mol. The summed E-state index contributed by atoms with van der Waals surface area (Å²) in [6.07, 6.45) is 0. The number of benzene rings is 1. The Bertz CT molecular complexity index is 432. The highest BCUT2D eigenvalue weighted by atomic mass is 79.9. The first-order valence-electron chi connectivity index (χ1n) is 4.50. The Labute approximate surface area is 101 Å². The maximum Gasteiger partial charge on any atom is 0.335 e. The Kier molecular flexibility index (Phi) is 4.03. The molecule has 0 fully saturated rings. The van der Waals surface area contributed by atoms with E-state index in [2.05, 4.69) is 21.2 Å². The van der Waals surface area contributed by atoms with Gasteiger partial charge in [0.2, 0.25) is 5.91 Å². The number of carbonyl (C=O) groups is 2. The molecule has 86 valence electrons. The van der Waals surface area contributed by atoms with Crippen molar-refractivity contribution in [1.82, 2.24) is 0 Å². The predicted molar refractivity (Wildman–Crippen MR) is 63.4 cm³/mol. The summed E-state index contributed by atoms with van der Waals surface area (Å²) in [7, 11) is 0. The van der Waals surface area contributed by atoms with Crippen molar-refractivity contribution in [2.75, 3.05) is 5.32 Å². The number of hydrogen-bond acceptors (Lipinski definition) is 3. The van der Waals surface area contributed by atoms with Crippen LogP contribution in [0.15, 0.2) is 22.7 Å². The smallest absolute Gasteiger partial charge is 0.335 e. The van der Waals surface area contributed by atoms with Crippen LogP contribution < -0.4 is 11.1 Å². The highest BCUT2D eigenvalue weighted by Crippen LogP contribution is 2.19. The lowest BCUT2D eigenvalue weighted by molar-refractivity contribution is -0.117. The van der Waals surface area contributed by atoms with Crippen LogP contribution in [0.2, 0.25) is 0 Å². The molecule has 0 aliphatic rings. The number of anilines is 1. The fraction of sp³-hybridized carbons (Fsp3) is 0.200. The fourth-order valence-corrected chi connectivity index (χ4v) is 1.53. The quantitative estimate of drug-likeness (QED) is 0.784. The number of hydrogen-bond donors (Lipinski definition) is 3. The molecule has 4 N–H and O–H groups in total. The van der Waals surface area contributed by atoms with Gasteiger partial charge in [-0.3, -0.25) is 4.79 Å². The lowest BCUT2D eigenvalue weighted by atomic mass is 10.2. The number of halogens is 1. The Balaban J connectivity index is 2.97. The average Bonchev–Trinajstić information content (AvgIpc) is 2.16. The molecule has 0 aliphatic heterocycles. The molecule has 1 amide bonds. The van der Waals surface area contributed by atoms with Crippen molar-refractivity contribution in [2.45, 2.75) is 13.0 Å². The summed E-state index contributed by atoms with van der Waals surface area (Å²) >= 11 is 3.16. The minimum Gasteiger partial charge on any atom is -0.478 e. The minimum atomic E-state index is -1.06. The highest BCUT2D eigenvalue weighted by Gasteiger charge is 2.10. The fourth-order valence-electron chi connectivity index (χ4n) is 1.04. The first-order chi connectivity index (χ1) is 7.40. The molecule has 1 aromatic carbocycles. The van der Waals surface area contributed by atoms with E-state index in [9.17, 15) is 9.59 Å². The molecule has 5 nitrogen and oxygen atoms in total. The normalized spacial score (nSPS) is 11.9. The molecule has 0 radical (unpaired) electrons. The van der Waals surface area contributed by atoms with Crippen LogP contribution in [0.3, 0.4) is 0 Å². The topological polar surface area (TPSA) is 92.4 Å². The predicted octanol–water partition coefficient (Wildman–Crippen LogP) is 1.43. The minimum absolute atomic E-state index is 0.0920. The van der Waals surface area contributed by atoms with Crippen molar-refractivity contribution in [1.29, 1.82) is 0 Å². The van der Waals surface area contributed by atoms with Crippen molar-refractivity contribution >= 4 is 33.5 Å². The number of amides is 1. The number of nitrogens with one attached hydrogen (secondary N) is 1. The molecule has 0 bridgehead atoms. The van der Waals surface area contributed by atoms with E-state index >= 15 is 0 Å². The number of rotatable bonds is 3. The second-order valence-electron chi connectivity index (χ2n) is 3.31. The molecule has 16 heavy (non-hydrogen) atoms. The SMILES string of the molecule is C[C@H](N)C(=O)Nc1cc(Br)cc(C(=O)O)c1. The number of carboxylic acid groups (broad SMARTS) is 1. The van der Waals surface area contributed by atoms with Crippen LogP contribution in [0.4, 0.5) is 5.69 Å². The molecule has 0 unspecified atom stereocenters. The summed E-state index contributed by atoms with van der Waals surface area (Å²) in [5.74, 6) is -1.42. The summed E-state index contributed by atoms with van der Waals surface area (Å²) in [4.78, 5) is 22.1. The maximum atomic E-state index is 11.3. The largest absolute Gasteiger partial charge is 0.478 e. The van der Waals surface area contributed by atoms with Gasteiger partial charge in [-0.15, -0.1) is 0 Å². The Morgan fingerprint density at radius 1 is 1.44 bits per heavy atom. The third-order valence-electron chi connectivity index (χ3n) is 1.83. The Morgan fingerprint density at radius 2 is 2.06 bits per heavy atom. The van der Waals surface area contributed by atoms with Gasteiger partial charge in [0.15, 0.2) is 0 Å². The zero-order chi connectivity index (χ0) is 12.3. The van der Waals surface area contributed by atoms with Crippen molar-refractivity contribution in [2.24, 2.45) is 5.73 Å². The van der Waals surface area contributed by atoms with E-state index in [1.54, 1.807) is 13.0 Å². The zero-order valence-electron chi connectivity index (χ0n) is 8.53. The molecular weight excluding hydrogens is 276 g/mol. The van der Waals surface area contributed by atoms with Crippen molar-refractivity contribution < 1.29 is 14.7 Å². The van der Waals surface area contributed by atoms with E-state index in [4.69, 9.17) is 10.8 Å². The van der Waals surface area contributed by atoms with E-state index in [0.29, 0.717) is 10.2 Å². The van der Waals surface area contributed by atoms with Crippen molar-refractivity contribution in [3.8, 4) is 0 Å². The first-order valence-corrected chi connectivity index (χ1v) is 5.30. The first kappa shape index (κ1) is 12.7. The Morgan fingerprint density at radius 3 is 2.56 bits per heavy atom. The van der Waals surface area contributed by atoms with E-state index < -0.39 is 12.0 Å². The molecule has 6 heteroatoms. The summed E-state index contributed by atoms with van der Waals surface area (Å²) in [6.45, 7) is 1.55. The third-order valence-corrected chi connectivity index (χ3v) is 2.28. The van der Waals surface area contributed by atoms with Crippen molar-refractivity contribution in [3.63, 3.8) is 0 Å². The van der Waals surface area contributed by atoms with Crippen LogP contribution >= 0.6 is 15.9 Å². The van der Waals surface area contributed by atoms with Gasteiger partial charge in [-0.05, 0) is 25.1 Å². The van der Waals surface area contributed by atoms with Crippen LogP contribution in [-0.4, -0.2) is 23.0 Å². The molecule has 0 saturated carbocycles. The van der Waals surface area contributed by atoms with E-state index in [1.807, 2.05) is 0 Å². The van der Waals surface area contributed by atoms with Crippen molar-refractivity contribution in [3.05, 3.63) is 28.2 Å². The second kappa shape index (κ2) is 5.09. The summed E-state index contributed by atoms with van der Waals surface area (Å²) in [6, 6.07) is 3.77. The molecule has 0 heterocycles. The standard InChI is InChI=1S/C10H11BrN2O3/c1-5(12)9(14)13-8-3-6(10(15)16)2-7(11)4-8/h2-5H,12H2,1H3,(H,13,14)(H,15,16)/t5-/m0/s1. The van der Waals surface area contributed by atoms with E-state index in [-0.39, 0.29) is 11.5 Å². The zero-order valence-corrected chi connectivity index (χ0v) is 10.1. The van der Waals surface area contributed by atoms with Crippen LogP contribution in [0.25, 0.3) is 0 Å². The van der Waals surface area contributed by atoms with E-state index in [0.717, 1.165) is 0 Å². The molecule has 1 aromatic rings. The number of carboxylic acids is 1. The van der Waals surface area contributed by atoms with Gasteiger partial charge in [0.05, 0.1) is 11.6 Å². The molecule has 1 rings (SSSR count). The molecule has 0 aromatic heterocycles. The van der Waals surface area contributed by atoms with E-state index in [1.165, 1.54) is 12.1 Å². The van der Waals surface area contributed by atoms with Crippen LogP contribution in [0.1, 0.15) is 17.3 Å². The van der Waals surface area contributed by atoms with Gasteiger partial charge in [-0.1, -0.05) is 15.9 Å². The maximum absolute atomic E-state index is 11.3. The second-order valence-corrected chi connectivity index (χ2v) is 4.23. The van der Waals surface area contributed by atoms with Gasteiger partial charge in [-0.2, -0.15) is 0 Å². The molecule has 0 aliphatic carbocycles. The van der Waals surface area contributed by atoms with Crippen LogP contribution in [-0.2, 0) is 4.79 Å². The number of aromatic carboxylic acids is 1. The molecular formula is C10H11BrN2O3. The molecule has 0 saturated heterocycles. The van der Waals surface area contributed by atoms with Crippen LogP contribution in [0.5, 0.6) is 0 Å². The monoisotopic (exact) mass is 286 g/mol. The Hall–Kier alpha value is -1.40. The summed E-state index contributed by atoms with van der Waals surface area (Å²) in [5, 5.41) is 11.3. The molecule has 0 spiro atoms. The highest BCUT2D eigenvalue weighted by molar-refractivity contribution is 9.10. The lowest BCUT2D eigenvalue weighted by Gasteiger charge is -2.08. The van der Waals surface area contributed by atoms with Gasteiger partial charge >= 0.3 is 5.97 Å². The molecule has 1 atom stereocenters. The third kappa shape index (κ3) is 3.32. The van der Waals surface area contributed by atoms with Gasteiger partial charge in [-0.25, -0.2) is 4.79 Å². The van der Waals surface area contributed by atoms with Gasteiger partial charge in [0, 0.05) is 10.2 Å². The van der Waals surface area contributed by atoms with Gasteiger partial charge in [0.1, 0.15) is 0 Å². The number of carbonyl (C=O) groups excluding carboxylic acids is 1. The van der Waals surface area contributed by atoms with Gasteiger partial charge < -0.3 is 16.2 Å². The summed E-state index contributed by atoms with van der Waals surface area (Å²) in [5.41, 5.74) is 5.87. The van der Waals surface area contributed by atoms with Gasteiger partial charge in [0.25, 0.3) is 0 Å².